The number of ether oxygens (including phenoxy) is 1. The topological polar surface area (TPSA) is 67.3 Å². The number of aromatic nitrogens is 2. The van der Waals surface area contributed by atoms with Crippen LogP contribution in [0.25, 0.3) is 0 Å². The van der Waals surface area contributed by atoms with Crippen molar-refractivity contribution in [1.82, 2.24) is 20.2 Å². The fourth-order valence-corrected chi connectivity index (χ4v) is 2.63. The van der Waals surface area contributed by atoms with Crippen LogP contribution < -0.4 is 5.32 Å². The number of halogens is 3. The van der Waals surface area contributed by atoms with Gasteiger partial charge in [0.25, 0.3) is 0 Å². The molecule has 1 aliphatic rings. The summed E-state index contributed by atoms with van der Waals surface area (Å²) in [6, 6.07) is 0.885. The fraction of sp³-hybridized carbons (Fsp3) is 0.667. The number of aryl methyl sites for hydroxylation is 1. The maximum Gasteiger partial charge on any atom is 0.433 e. The molecule has 1 fully saturated rings. The number of methoxy groups -OCH3 is 1. The van der Waals surface area contributed by atoms with Crippen LogP contribution in [0.1, 0.15) is 23.6 Å². The molecule has 24 heavy (non-hydrogen) atoms. The number of hydrogen-bond acceptors (Lipinski definition) is 5. The largest absolute Gasteiger partial charge is 0.433 e. The second-order valence-corrected chi connectivity index (χ2v) is 5.81. The quantitative estimate of drug-likeness (QED) is 0.843. The van der Waals surface area contributed by atoms with E-state index in [4.69, 9.17) is 4.74 Å². The highest BCUT2D eigenvalue weighted by atomic mass is 19.4. The van der Waals surface area contributed by atoms with E-state index in [1.807, 2.05) is 0 Å². The second-order valence-electron chi connectivity index (χ2n) is 5.81. The van der Waals surface area contributed by atoms with Gasteiger partial charge in [0.1, 0.15) is 11.5 Å². The molecule has 1 atom stereocenters. The zero-order valence-corrected chi connectivity index (χ0v) is 13.7. The first-order valence-electron chi connectivity index (χ1n) is 7.70. The second kappa shape index (κ2) is 7.89. The molecule has 1 N–H and O–H groups in total. The summed E-state index contributed by atoms with van der Waals surface area (Å²) >= 11 is 0. The number of nitrogens with one attached hydrogen (secondary N) is 1. The van der Waals surface area contributed by atoms with E-state index < -0.39 is 11.9 Å². The number of rotatable bonds is 6. The number of amides is 1. The van der Waals surface area contributed by atoms with Crippen LogP contribution in [0.3, 0.4) is 0 Å². The Morgan fingerprint density at radius 2 is 2.21 bits per heavy atom. The van der Waals surface area contributed by atoms with Crippen molar-refractivity contribution in [2.75, 3.05) is 33.4 Å². The minimum atomic E-state index is -4.53. The van der Waals surface area contributed by atoms with Crippen molar-refractivity contribution in [3.8, 4) is 0 Å². The van der Waals surface area contributed by atoms with Gasteiger partial charge in [-0.3, -0.25) is 4.79 Å². The van der Waals surface area contributed by atoms with E-state index in [0.29, 0.717) is 13.2 Å². The third-order valence-corrected chi connectivity index (χ3v) is 3.87. The van der Waals surface area contributed by atoms with E-state index in [0.717, 1.165) is 25.6 Å². The molecule has 134 valence electrons. The minimum Gasteiger partial charge on any atom is -0.383 e. The standard InChI is InChI=1S/C15H21F3N4O2/c1-10-7-12(15(16,17)18)21-13(20-10)8-19-14(23)11-3-4-22(9-11)5-6-24-2/h7,11H,3-6,8-9H2,1-2H3,(H,19,23). The Hall–Kier alpha value is -1.74. The van der Waals surface area contributed by atoms with E-state index in [2.05, 4.69) is 20.2 Å². The van der Waals surface area contributed by atoms with Crippen molar-refractivity contribution < 1.29 is 22.7 Å². The van der Waals surface area contributed by atoms with E-state index in [9.17, 15) is 18.0 Å². The summed E-state index contributed by atoms with van der Waals surface area (Å²) in [6.45, 7) is 4.14. The van der Waals surface area contributed by atoms with Gasteiger partial charge in [0, 0.05) is 25.9 Å². The molecule has 2 rings (SSSR count). The summed E-state index contributed by atoms with van der Waals surface area (Å²) in [7, 11) is 1.62. The third kappa shape index (κ3) is 5.13. The monoisotopic (exact) mass is 346 g/mol. The zero-order chi connectivity index (χ0) is 17.7. The Bertz CT molecular complexity index is 580. The first-order valence-corrected chi connectivity index (χ1v) is 7.70. The average molecular weight is 346 g/mol. The SMILES string of the molecule is COCCN1CCC(C(=O)NCc2nc(C)cc(C(F)(F)F)n2)C1. The maximum atomic E-state index is 12.7. The van der Waals surface area contributed by atoms with Gasteiger partial charge in [-0.2, -0.15) is 13.2 Å². The molecular weight excluding hydrogens is 325 g/mol. The zero-order valence-electron chi connectivity index (χ0n) is 13.7. The Labute approximate surface area is 138 Å². The van der Waals surface area contributed by atoms with Crippen molar-refractivity contribution in [2.45, 2.75) is 26.1 Å². The molecule has 0 saturated carbocycles. The number of carbonyl (C=O) groups is 1. The summed E-state index contributed by atoms with van der Waals surface area (Å²) in [6.07, 6.45) is -3.81. The molecule has 0 aromatic carbocycles. The molecule has 1 unspecified atom stereocenters. The number of carbonyl (C=O) groups excluding carboxylic acids is 1. The van der Waals surface area contributed by atoms with Gasteiger partial charge < -0.3 is 15.0 Å². The van der Waals surface area contributed by atoms with Crippen LogP contribution in [0.15, 0.2) is 6.07 Å². The number of alkyl halides is 3. The summed E-state index contributed by atoms with van der Waals surface area (Å²) in [4.78, 5) is 21.7. The lowest BCUT2D eigenvalue weighted by Crippen LogP contribution is -2.33. The van der Waals surface area contributed by atoms with Gasteiger partial charge in [-0.15, -0.1) is 0 Å². The summed E-state index contributed by atoms with van der Waals surface area (Å²) in [5.41, 5.74) is -0.779. The Morgan fingerprint density at radius 1 is 1.46 bits per heavy atom. The molecule has 6 nitrogen and oxygen atoms in total. The van der Waals surface area contributed by atoms with Crippen molar-refractivity contribution in [2.24, 2.45) is 5.92 Å². The lowest BCUT2D eigenvalue weighted by atomic mass is 10.1. The molecule has 0 radical (unpaired) electrons. The summed E-state index contributed by atoms with van der Waals surface area (Å²) in [5, 5.41) is 2.63. The Balaban J connectivity index is 1.89. The minimum absolute atomic E-state index is 0.0371. The van der Waals surface area contributed by atoms with E-state index in [-0.39, 0.29) is 29.9 Å². The van der Waals surface area contributed by atoms with Crippen LogP contribution in [0.2, 0.25) is 0 Å². The van der Waals surface area contributed by atoms with Crippen LogP contribution in [-0.2, 0) is 22.3 Å². The molecule has 1 aromatic heterocycles. The molecule has 0 bridgehead atoms. The molecular formula is C15H21F3N4O2. The highest BCUT2D eigenvalue weighted by molar-refractivity contribution is 5.79. The highest BCUT2D eigenvalue weighted by Gasteiger charge is 2.33. The first-order chi connectivity index (χ1) is 11.3. The lowest BCUT2D eigenvalue weighted by Gasteiger charge is -2.15. The molecule has 1 amide bonds. The van der Waals surface area contributed by atoms with Crippen LogP contribution in [0.5, 0.6) is 0 Å². The average Bonchev–Trinajstić information content (AvgIpc) is 2.98. The highest BCUT2D eigenvalue weighted by Crippen LogP contribution is 2.27. The smallest absolute Gasteiger partial charge is 0.383 e. The molecule has 2 heterocycles. The molecule has 1 saturated heterocycles. The van der Waals surface area contributed by atoms with Crippen molar-refractivity contribution >= 4 is 5.91 Å². The molecule has 0 aliphatic carbocycles. The fourth-order valence-electron chi connectivity index (χ4n) is 2.63. The summed E-state index contributed by atoms with van der Waals surface area (Å²) in [5.74, 6) is -0.396. The normalized spacial score (nSPS) is 18.8. The first kappa shape index (κ1) is 18.6. The maximum absolute atomic E-state index is 12.7. The van der Waals surface area contributed by atoms with Gasteiger partial charge in [0.05, 0.1) is 19.1 Å². The number of nitrogens with zero attached hydrogens (tertiary/aromatic N) is 3. The van der Waals surface area contributed by atoms with E-state index in [1.54, 1.807) is 7.11 Å². The van der Waals surface area contributed by atoms with Gasteiger partial charge in [0.15, 0.2) is 0 Å². The Kier molecular flexibility index (Phi) is 6.11. The predicted octanol–water partition coefficient (Wildman–Crippen LogP) is 1.39. The van der Waals surface area contributed by atoms with Gasteiger partial charge >= 0.3 is 6.18 Å². The molecule has 1 aromatic rings. The molecule has 0 spiro atoms. The van der Waals surface area contributed by atoms with Crippen molar-refractivity contribution in [3.05, 3.63) is 23.3 Å². The Morgan fingerprint density at radius 3 is 2.88 bits per heavy atom. The van der Waals surface area contributed by atoms with Crippen LogP contribution in [0.4, 0.5) is 13.2 Å². The van der Waals surface area contributed by atoms with Gasteiger partial charge in [0.2, 0.25) is 5.91 Å². The van der Waals surface area contributed by atoms with Gasteiger partial charge in [-0.1, -0.05) is 0 Å². The van der Waals surface area contributed by atoms with Crippen molar-refractivity contribution in [1.29, 1.82) is 0 Å². The van der Waals surface area contributed by atoms with Crippen LogP contribution >= 0.6 is 0 Å². The third-order valence-electron chi connectivity index (χ3n) is 3.87. The molecule has 1 aliphatic heterocycles. The van der Waals surface area contributed by atoms with Gasteiger partial charge in [-0.05, 0) is 26.0 Å². The van der Waals surface area contributed by atoms with Crippen molar-refractivity contribution in [3.63, 3.8) is 0 Å². The van der Waals surface area contributed by atoms with Crippen LogP contribution in [0, 0.1) is 12.8 Å². The van der Waals surface area contributed by atoms with Gasteiger partial charge in [-0.25, -0.2) is 9.97 Å². The van der Waals surface area contributed by atoms with Crippen LogP contribution in [-0.4, -0.2) is 54.1 Å². The van der Waals surface area contributed by atoms with E-state index in [1.165, 1.54) is 6.92 Å². The number of likely N-dealkylation sites (tertiary alicyclic amines) is 1. The summed E-state index contributed by atoms with van der Waals surface area (Å²) < 4.78 is 43.2. The number of hydrogen-bond donors (Lipinski definition) is 1. The molecule has 9 heteroatoms. The lowest BCUT2D eigenvalue weighted by molar-refractivity contribution is -0.141. The predicted molar refractivity (Wildman–Crippen MR) is 80.0 cm³/mol. The van der Waals surface area contributed by atoms with E-state index >= 15 is 0 Å².